The molecule has 0 saturated heterocycles. The van der Waals surface area contributed by atoms with Crippen LogP contribution in [0.25, 0.3) is 0 Å². The molecule has 8 nitrogen and oxygen atoms in total. The van der Waals surface area contributed by atoms with E-state index in [9.17, 15) is 19.7 Å². The maximum absolute atomic E-state index is 11.3. The van der Waals surface area contributed by atoms with Gasteiger partial charge in [0.15, 0.2) is 0 Å². The molecule has 21 heavy (non-hydrogen) atoms. The van der Waals surface area contributed by atoms with Gasteiger partial charge in [-0.2, -0.15) is 0 Å². The van der Waals surface area contributed by atoms with Gasteiger partial charge >= 0.3 is 5.97 Å². The van der Waals surface area contributed by atoms with Crippen LogP contribution in [0.15, 0.2) is 12.1 Å². The van der Waals surface area contributed by atoms with Crippen LogP contribution in [-0.2, 0) is 16.0 Å². The number of aliphatic carboxylic acids is 1. The predicted octanol–water partition coefficient (Wildman–Crippen LogP) is 1.75. The molecular weight excluding hydrogens is 278 g/mol. The van der Waals surface area contributed by atoms with E-state index in [2.05, 4.69) is 10.6 Å². The number of nitro groups is 1. The van der Waals surface area contributed by atoms with E-state index in [1.807, 2.05) is 0 Å². The third kappa shape index (κ3) is 3.28. The van der Waals surface area contributed by atoms with Gasteiger partial charge in [-0.3, -0.25) is 19.7 Å². The van der Waals surface area contributed by atoms with Crippen molar-refractivity contribution in [1.82, 2.24) is 0 Å². The average molecular weight is 293 g/mol. The number of carboxylic acid groups (broad SMARTS) is 1. The Kier molecular flexibility index (Phi) is 4.06. The maximum Gasteiger partial charge on any atom is 0.305 e. The number of amides is 1. The van der Waals surface area contributed by atoms with Gasteiger partial charge in [0.25, 0.3) is 5.69 Å². The third-order valence-electron chi connectivity index (χ3n) is 3.32. The molecule has 112 valence electrons. The first-order chi connectivity index (χ1) is 9.90. The maximum atomic E-state index is 11.3. The van der Waals surface area contributed by atoms with E-state index in [1.165, 1.54) is 12.1 Å². The minimum absolute atomic E-state index is 0.114. The normalized spacial score (nSPS) is 14.2. The summed E-state index contributed by atoms with van der Waals surface area (Å²) in [5.41, 5.74) is 1.16. The van der Waals surface area contributed by atoms with E-state index in [1.54, 1.807) is 6.92 Å². The second-order valence-electron chi connectivity index (χ2n) is 4.86. The Balaban J connectivity index is 2.33. The molecule has 3 N–H and O–H groups in total. The Hall–Kier alpha value is -2.64. The summed E-state index contributed by atoms with van der Waals surface area (Å²) in [6.45, 7) is 1.79. The van der Waals surface area contributed by atoms with E-state index in [4.69, 9.17) is 5.11 Å². The highest BCUT2D eigenvalue weighted by Crippen LogP contribution is 2.35. The molecule has 0 bridgehead atoms. The lowest BCUT2D eigenvalue weighted by Crippen LogP contribution is -2.22. The van der Waals surface area contributed by atoms with Crippen LogP contribution in [-0.4, -0.2) is 27.9 Å². The van der Waals surface area contributed by atoms with Crippen molar-refractivity contribution >= 4 is 28.9 Å². The van der Waals surface area contributed by atoms with Crippen LogP contribution in [0.4, 0.5) is 17.1 Å². The number of anilines is 2. The van der Waals surface area contributed by atoms with Gasteiger partial charge in [0.1, 0.15) is 5.69 Å². The number of carbonyl (C=O) groups excluding carboxylic acids is 1. The minimum Gasteiger partial charge on any atom is -0.481 e. The van der Waals surface area contributed by atoms with E-state index < -0.39 is 16.9 Å². The summed E-state index contributed by atoms with van der Waals surface area (Å²) < 4.78 is 0. The number of carbonyl (C=O) groups is 2. The highest BCUT2D eigenvalue weighted by molar-refractivity contribution is 6.00. The van der Waals surface area contributed by atoms with Crippen molar-refractivity contribution in [3.8, 4) is 0 Å². The molecule has 1 heterocycles. The molecular formula is C13H15N3O5. The monoisotopic (exact) mass is 293 g/mol. The summed E-state index contributed by atoms with van der Waals surface area (Å²) in [6, 6.07) is 2.42. The van der Waals surface area contributed by atoms with Gasteiger partial charge in [-0.25, -0.2) is 0 Å². The fourth-order valence-corrected chi connectivity index (χ4v) is 2.26. The summed E-state index contributed by atoms with van der Waals surface area (Å²) in [4.78, 5) is 32.7. The molecule has 1 aliphatic rings. The van der Waals surface area contributed by atoms with Gasteiger partial charge in [0.2, 0.25) is 5.91 Å². The number of nitro benzene ring substituents is 1. The molecule has 1 aromatic carbocycles. The highest BCUT2D eigenvalue weighted by Gasteiger charge is 2.25. The minimum atomic E-state index is -0.980. The molecule has 1 amide bonds. The zero-order valence-electron chi connectivity index (χ0n) is 11.4. The largest absolute Gasteiger partial charge is 0.481 e. The van der Waals surface area contributed by atoms with Gasteiger partial charge in [0, 0.05) is 17.8 Å². The van der Waals surface area contributed by atoms with Crippen molar-refractivity contribution in [3.63, 3.8) is 0 Å². The lowest BCUT2D eigenvalue weighted by Gasteiger charge is -2.17. The van der Waals surface area contributed by atoms with E-state index in [-0.39, 0.29) is 30.1 Å². The fourth-order valence-electron chi connectivity index (χ4n) is 2.26. The molecule has 2 rings (SSSR count). The SMILES string of the molecule is CCC(CC(=O)O)Nc1cc2c(cc1[N+](=O)[O-])CC(=O)N2. The van der Waals surface area contributed by atoms with Gasteiger partial charge in [-0.05, 0) is 18.1 Å². The summed E-state index contributed by atoms with van der Waals surface area (Å²) in [7, 11) is 0. The van der Waals surface area contributed by atoms with Crippen LogP contribution in [0.5, 0.6) is 0 Å². The Morgan fingerprint density at radius 1 is 1.57 bits per heavy atom. The Morgan fingerprint density at radius 3 is 2.86 bits per heavy atom. The van der Waals surface area contributed by atoms with E-state index >= 15 is 0 Å². The van der Waals surface area contributed by atoms with E-state index in [0.717, 1.165) is 0 Å². The summed E-state index contributed by atoms with van der Waals surface area (Å²) in [5.74, 6) is -1.19. The lowest BCUT2D eigenvalue weighted by molar-refractivity contribution is -0.384. The van der Waals surface area contributed by atoms with Crippen molar-refractivity contribution < 1.29 is 19.6 Å². The van der Waals surface area contributed by atoms with E-state index in [0.29, 0.717) is 17.7 Å². The van der Waals surface area contributed by atoms with Crippen molar-refractivity contribution in [3.05, 3.63) is 27.8 Å². The average Bonchev–Trinajstić information content (AvgIpc) is 2.75. The fraction of sp³-hybridized carbons (Fsp3) is 0.385. The molecule has 1 aromatic rings. The van der Waals surface area contributed by atoms with Crippen molar-refractivity contribution in [2.24, 2.45) is 0 Å². The second kappa shape index (κ2) is 5.78. The number of rotatable bonds is 6. The second-order valence-corrected chi connectivity index (χ2v) is 4.86. The van der Waals surface area contributed by atoms with Gasteiger partial charge in [-0.1, -0.05) is 6.92 Å². The number of hydrogen-bond acceptors (Lipinski definition) is 5. The highest BCUT2D eigenvalue weighted by atomic mass is 16.6. The molecule has 0 fully saturated rings. The zero-order valence-corrected chi connectivity index (χ0v) is 11.4. The van der Waals surface area contributed by atoms with Crippen molar-refractivity contribution in [2.75, 3.05) is 10.6 Å². The number of hydrogen-bond donors (Lipinski definition) is 3. The molecule has 0 aromatic heterocycles. The topological polar surface area (TPSA) is 122 Å². The molecule has 0 saturated carbocycles. The molecule has 1 atom stereocenters. The Labute approximate surface area is 120 Å². The molecule has 0 aliphatic carbocycles. The summed E-state index contributed by atoms with van der Waals surface area (Å²) >= 11 is 0. The molecule has 0 radical (unpaired) electrons. The quantitative estimate of drug-likeness (QED) is 0.542. The van der Waals surface area contributed by atoms with Gasteiger partial charge in [0.05, 0.1) is 17.8 Å². The standard InChI is InChI=1S/C13H15N3O5/c1-2-8(5-13(18)19)14-10-6-9-7(4-12(17)15-9)3-11(10)16(20)21/h3,6,8,14H,2,4-5H2,1H3,(H,15,17)(H,18,19). The first kappa shape index (κ1) is 14.8. The number of carboxylic acids is 1. The smallest absolute Gasteiger partial charge is 0.305 e. The predicted molar refractivity (Wildman–Crippen MR) is 75.4 cm³/mol. The summed E-state index contributed by atoms with van der Waals surface area (Å²) in [5, 5.41) is 25.5. The van der Waals surface area contributed by atoms with Gasteiger partial charge in [-0.15, -0.1) is 0 Å². The van der Waals surface area contributed by atoms with Crippen LogP contribution in [0, 0.1) is 10.1 Å². The number of benzene rings is 1. The van der Waals surface area contributed by atoms with Crippen LogP contribution in [0.2, 0.25) is 0 Å². The van der Waals surface area contributed by atoms with Crippen LogP contribution >= 0.6 is 0 Å². The first-order valence-electron chi connectivity index (χ1n) is 6.50. The number of nitrogens with zero attached hydrogens (tertiary/aromatic N) is 1. The van der Waals surface area contributed by atoms with Crippen LogP contribution < -0.4 is 10.6 Å². The van der Waals surface area contributed by atoms with Crippen molar-refractivity contribution in [2.45, 2.75) is 32.2 Å². The number of fused-ring (bicyclic) bond motifs is 1. The molecule has 1 unspecified atom stereocenters. The van der Waals surface area contributed by atoms with Crippen molar-refractivity contribution in [1.29, 1.82) is 0 Å². The Bertz CT molecular complexity index is 614. The zero-order chi connectivity index (χ0) is 15.6. The molecule has 0 spiro atoms. The lowest BCUT2D eigenvalue weighted by atomic mass is 10.1. The first-order valence-corrected chi connectivity index (χ1v) is 6.50. The van der Waals surface area contributed by atoms with Crippen LogP contribution in [0.3, 0.4) is 0 Å². The van der Waals surface area contributed by atoms with Crippen LogP contribution in [0.1, 0.15) is 25.3 Å². The van der Waals surface area contributed by atoms with Gasteiger partial charge < -0.3 is 15.7 Å². The molecule has 8 heteroatoms. The third-order valence-corrected chi connectivity index (χ3v) is 3.32. The molecule has 1 aliphatic heterocycles. The summed E-state index contributed by atoms with van der Waals surface area (Å²) in [6.07, 6.45) is 0.479. The Morgan fingerprint density at radius 2 is 2.29 bits per heavy atom. The number of nitrogens with one attached hydrogen (secondary N) is 2.